The van der Waals surface area contributed by atoms with Crippen molar-refractivity contribution >= 4 is 27.7 Å². The largest absolute Gasteiger partial charge is 0.369 e. The summed E-state index contributed by atoms with van der Waals surface area (Å²) in [6.07, 6.45) is 0.661. The fourth-order valence-corrected chi connectivity index (χ4v) is 2.83. The summed E-state index contributed by atoms with van der Waals surface area (Å²) in [6.45, 7) is 2.97. The molecule has 0 aliphatic carbocycles. The minimum Gasteiger partial charge on any atom is -0.369 e. The molecule has 2 N–H and O–H groups in total. The van der Waals surface area contributed by atoms with Crippen LogP contribution in [0.2, 0.25) is 0 Å². The number of primary amides is 1. The Morgan fingerprint density at radius 1 is 1.39 bits per heavy atom. The molecule has 18 heavy (non-hydrogen) atoms. The third kappa shape index (κ3) is 2.72. The number of rotatable bonds is 2. The molecule has 0 bridgehead atoms. The van der Waals surface area contributed by atoms with Crippen molar-refractivity contribution in [3.63, 3.8) is 0 Å². The maximum atomic E-state index is 12.3. The van der Waals surface area contributed by atoms with Gasteiger partial charge in [0.25, 0.3) is 5.91 Å². The van der Waals surface area contributed by atoms with Gasteiger partial charge < -0.3 is 10.6 Å². The first-order chi connectivity index (χ1) is 8.47. The number of hydrogen-bond acceptors (Lipinski definition) is 2. The molecule has 0 radical (unpaired) electrons. The number of aryl methyl sites for hydroxylation is 1. The Bertz CT molecular complexity index is 482. The van der Waals surface area contributed by atoms with Gasteiger partial charge in [0.05, 0.1) is 5.92 Å². The molecule has 1 saturated heterocycles. The summed E-state index contributed by atoms with van der Waals surface area (Å²) in [6, 6.07) is 5.60. The predicted molar refractivity (Wildman–Crippen MR) is 72.1 cm³/mol. The van der Waals surface area contributed by atoms with E-state index in [1.165, 1.54) is 0 Å². The molecule has 0 spiro atoms. The fraction of sp³-hybridized carbons (Fsp3) is 0.385. The molecule has 96 valence electrons. The van der Waals surface area contributed by atoms with Gasteiger partial charge in [-0.15, -0.1) is 0 Å². The van der Waals surface area contributed by atoms with Gasteiger partial charge in [-0.1, -0.05) is 15.9 Å². The Labute approximate surface area is 114 Å². The molecule has 5 heteroatoms. The topological polar surface area (TPSA) is 63.4 Å². The van der Waals surface area contributed by atoms with Gasteiger partial charge in [0.15, 0.2) is 0 Å². The van der Waals surface area contributed by atoms with Crippen LogP contribution in [0.25, 0.3) is 0 Å². The van der Waals surface area contributed by atoms with Gasteiger partial charge in [0.2, 0.25) is 5.91 Å². The van der Waals surface area contributed by atoms with E-state index in [-0.39, 0.29) is 17.7 Å². The molecule has 0 saturated carbocycles. The zero-order valence-electron chi connectivity index (χ0n) is 10.1. The lowest BCUT2D eigenvalue weighted by atomic mass is 10.1. The molecule has 1 aliphatic rings. The van der Waals surface area contributed by atoms with E-state index in [9.17, 15) is 9.59 Å². The maximum Gasteiger partial charge on any atom is 0.253 e. The minimum absolute atomic E-state index is 0.0387. The van der Waals surface area contributed by atoms with Crippen molar-refractivity contribution in [3.8, 4) is 0 Å². The first-order valence-electron chi connectivity index (χ1n) is 5.83. The highest BCUT2D eigenvalue weighted by Crippen LogP contribution is 2.21. The van der Waals surface area contributed by atoms with Crippen LogP contribution in [0.15, 0.2) is 22.7 Å². The number of nitrogens with two attached hydrogens (primary N) is 1. The molecule has 4 nitrogen and oxygen atoms in total. The van der Waals surface area contributed by atoms with Crippen LogP contribution in [0.5, 0.6) is 0 Å². The van der Waals surface area contributed by atoms with Crippen molar-refractivity contribution in [2.24, 2.45) is 11.7 Å². The van der Waals surface area contributed by atoms with E-state index in [0.29, 0.717) is 25.1 Å². The zero-order chi connectivity index (χ0) is 13.3. The normalized spacial score (nSPS) is 19.0. The highest BCUT2D eigenvalue weighted by molar-refractivity contribution is 9.10. The summed E-state index contributed by atoms with van der Waals surface area (Å²) in [5.41, 5.74) is 6.93. The molecule has 1 unspecified atom stereocenters. The number of carbonyl (C=O) groups excluding carboxylic acids is 2. The Balaban J connectivity index is 2.15. The molecule has 2 rings (SSSR count). The smallest absolute Gasteiger partial charge is 0.253 e. The lowest BCUT2D eigenvalue weighted by molar-refractivity contribution is -0.121. The van der Waals surface area contributed by atoms with Crippen molar-refractivity contribution in [2.45, 2.75) is 13.3 Å². The molecule has 2 amide bonds. The van der Waals surface area contributed by atoms with Gasteiger partial charge in [0.1, 0.15) is 0 Å². The van der Waals surface area contributed by atoms with Crippen LogP contribution in [0.3, 0.4) is 0 Å². The van der Waals surface area contributed by atoms with E-state index in [0.717, 1.165) is 10.0 Å². The number of benzene rings is 1. The lowest BCUT2D eigenvalue weighted by Crippen LogP contribution is -2.31. The fourth-order valence-electron chi connectivity index (χ4n) is 2.22. The summed E-state index contributed by atoms with van der Waals surface area (Å²) >= 11 is 3.38. The second kappa shape index (κ2) is 5.10. The van der Waals surface area contributed by atoms with Gasteiger partial charge in [-0.3, -0.25) is 9.59 Å². The van der Waals surface area contributed by atoms with Crippen LogP contribution in [-0.2, 0) is 4.79 Å². The van der Waals surface area contributed by atoms with Crippen LogP contribution in [-0.4, -0.2) is 29.8 Å². The van der Waals surface area contributed by atoms with Crippen molar-refractivity contribution in [2.75, 3.05) is 13.1 Å². The van der Waals surface area contributed by atoms with Crippen molar-refractivity contribution < 1.29 is 9.59 Å². The number of nitrogens with zero attached hydrogens (tertiary/aromatic N) is 1. The van der Waals surface area contributed by atoms with Crippen LogP contribution in [0.1, 0.15) is 22.3 Å². The summed E-state index contributed by atoms with van der Waals surface area (Å²) in [4.78, 5) is 25.1. The average molecular weight is 311 g/mol. The van der Waals surface area contributed by atoms with Gasteiger partial charge >= 0.3 is 0 Å². The van der Waals surface area contributed by atoms with E-state index < -0.39 is 0 Å². The zero-order valence-corrected chi connectivity index (χ0v) is 11.7. The Kier molecular flexibility index (Phi) is 3.71. The second-order valence-corrected chi connectivity index (χ2v) is 5.57. The summed E-state index contributed by atoms with van der Waals surface area (Å²) < 4.78 is 0.886. The van der Waals surface area contributed by atoms with E-state index >= 15 is 0 Å². The van der Waals surface area contributed by atoms with Gasteiger partial charge in [-0.05, 0) is 37.1 Å². The highest BCUT2D eigenvalue weighted by atomic mass is 79.9. The van der Waals surface area contributed by atoms with Crippen molar-refractivity contribution in [1.82, 2.24) is 4.90 Å². The molecule has 0 aromatic heterocycles. The molecular weight excluding hydrogens is 296 g/mol. The second-order valence-electron chi connectivity index (χ2n) is 4.66. The summed E-state index contributed by atoms with van der Waals surface area (Å²) in [7, 11) is 0. The molecule has 1 atom stereocenters. The van der Waals surface area contributed by atoms with Gasteiger partial charge in [-0.25, -0.2) is 0 Å². The van der Waals surface area contributed by atoms with Crippen molar-refractivity contribution in [3.05, 3.63) is 33.8 Å². The first kappa shape index (κ1) is 13.1. The first-order valence-corrected chi connectivity index (χ1v) is 6.62. The molecule has 1 aromatic rings. The number of hydrogen-bond donors (Lipinski definition) is 1. The quantitative estimate of drug-likeness (QED) is 0.903. The van der Waals surface area contributed by atoms with E-state index in [1.54, 1.807) is 11.0 Å². The van der Waals surface area contributed by atoms with E-state index in [2.05, 4.69) is 15.9 Å². The SMILES string of the molecule is Cc1cc(Br)cc(C(=O)N2CCC(C(N)=O)C2)c1. The molecule has 1 heterocycles. The number of carbonyl (C=O) groups is 2. The maximum absolute atomic E-state index is 12.3. The number of halogens is 1. The van der Waals surface area contributed by atoms with Crippen molar-refractivity contribution in [1.29, 1.82) is 0 Å². The van der Waals surface area contributed by atoms with E-state index in [4.69, 9.17) is 5.73 Å². The van der Waals surface area contributed by atoms with Crippen LogP contribution in [0, 0.1) is 12.8 Å². The number of amides is 2. The predicted octanol–water partition coefficient (Wildman–Crippen LogP) is 1.70. The van der Waals surface area contributed by atoms with Crippen LogP contribution in [0.4, 0.5) is 0 Å². The summed E-state index contributed by atoms with van der Waals surface area (Å²) in [5, 5.41) is 0. The standard InChI is InChI=1S/C13H15BrN2O2/c1-8-4-10(6-11(14)5-8)13(18)16-3-2-9(7-16)12(15)17/h4-6,9H,2-3,7H2,1H3,(H2,15,17). The third-order valence-corrected chi connectivity index (χ3v) is 3.62. The van der Waals surface area contributed by atoms with Gasteiger partial charge in [-0.2, -0.15) is 0 Å². The van der Waals surface area contributed by atoms with E-state index in [1.807, 2.05) is 19.1 Å². The van der Waals surface area contributed by atoms with Crippen LogP contribution < -0.4 is 5.73 Å². The minimum atomic E-state index is -0.323. The Morgan fingerprint density at radius 2 is 2.11 bits per heavy atom. The van der Waals surface area contributed by atoms with Crippen LogP contribution >= 0.6 is 15.9 Å². The molecule has 1 aromatic carbocycles. The third-order valence-electron chi connectivity index (χ3n) is 3.17. The number of likely N-dealkylation sites (tertiary alicyclic amines) is 1. The Morgan fingerprint density at radius 3 is 2.67 bits per heavy atom. The monoisotopic (exact) mass is 310 g/mol. The highest BCUT2D eigenvalue weighted by Gasteiger charge is 2.30. The summed E-state index contributed by atoms with van der Waals surface area (Å²) in [5.74, 6) is -0.568. The molecule has 1 fully saturated rings. The average Bonchev–Trinajstić information content (AvgIpc) is 2.75. The molecule has 1 aliphatic heterocycles. The lowest BCUT2D eigenvalue weighted by Gasteiger charge is -2.16. The molecular formula is C13H15BrN2O2. The van der Waals surface area contributed by atoms with Gasteiger partial charge in [0, 0.05) is 23.1 Å². The Hall–Kier alpha value is -1.36.